The second-order valence-electron chi connectivity index (χ2n) is 4.49. The van der Waals surface area contributed by atoms with Gasteiger partial charge in [0.2, 0.25) is 0 Å². The fourth-order valence-corrected chi connectivity index (χ4v) is 2.30. The standard InChI is InChI=1S/C16H15BrN2O4/c1-2-23-14-8-11(17)7-10(15(14)21)9-18-19-16(22)12-5-3-4-6-13(12)20/h3-9,20-21H,2H2,1H3,(H,19,22)/b18-9-. The van der Waals surface area contributed by atoms with Gasteiger partial charge in [0.1, 0.15) is 5.75 Å². The lowest BCUT2D eigenvalue weighted by Crippen LogP contribution is -2.17. The number of halogens is 1. The molecule has 120 valence electrons. The Balaban J connectivity index is 2.15. The van der Waals surface area contributed by atoms with E-state index < -0.39 is 5.91 Å². The Morgan fingerprint density at radius 2 is 2.09 bits per heavy atom. The van der Waals surface area contributed by atoms with Crippen LogP contribution in [0.25, 0.3) is 0 Å². The molecule has 0 aliphatic rings. The van der Waals surface area contributed by atoms with E-state index in [1.165, 1.54) is 18.3 Å². The quantitative estimate of drug-likeness (QED) is 0.550. The van der Waals surface area contributed by atoms with Gasteiger partial charge >= 0.3 is 0 Å². The maximum atomic E-state index is 11.9. The number of ether oxygens (including phenoxy) is 1. The molecule has 0 aromatic heterocycles. The summed E-state index contributed by atoms with van der Waals surface area (Å²) < 4.78 is 6.01. The smallest absolute Gasteiger partial charge is 0.275 e. The van der Waals surface area contributed by atoms with E-state index in [0.29, 0.717) is 22.4 Å². The van der Waals surface area contributed by atoms with E-state index in [4.69, 9.17) is 4.74 Å². The summed E-state index contributed by atoms with van der Waals surface area (Å²) in [5, 5.41) is 23.5. The molecular weight excluding hydrogens is 364 g/mol. The predicted octanol–water partition coefficient (Wildman–Crippen LogP) is 3.02. The van der Waals surface area contributed by atoms with Gasteiger partial charge < -0.3 is 14.9 Å². The van der Waals surface area contributed by atoms with Crippen LogP contribution < -0.4 is 10.2 Å². The van der Waals surface area contributed by atoms with Crippen LogP contribution in [0.5, 0.6) is 17.2 Å². The number of carbonyl (C=O) groups is 1. The van der Waals surface area contributed by atoms with Gasteiger partial charge in [-0.2, -0.15) is 5.10 Å². The fraction of sp³-hybridized carbons (Fsp3) is 0.125. The summed E-state index contributed by atoms with van der Waals surface area (Å²) in [6.45, 7) is 2.21. The molecule has 0 heterocycles. The molecule has 0 saturated heterocycles. The number of rotatable bonds is 5. The first kappa shape index (κ1) is 16.8. The lowest BCUT2D eigenvalue weighted by molar-refractivity contribution is 0.0952. The van der Waals surface area contributed by atoms with E-state index in [0.717, 1.165) is 0 Å². The van der Waals surface area contributed by atoms with Gasteiger partial charge in [-0.05, 0) is 31.2 Å². The molecule has 0 bridgehead atoms. The molecule has 0 unspecified atom stereocenters. The van der Waals surface area contributed by atoms with E-state index in [1.807, 2.05) is 0 Å². The van der Waals surface area contributed by atoms with Gasteiger partial charge in [0.05, 0.1) is 18.4 Å². The number of phenols is 2. The van der Waals surface area contributed by atoms with Crippen molar-refractivity contribution in [3.8, 4) is 17.2 Å². The van der Waals surface area contributed by atoms with Crippen molar-refractivity contribution in [3.63, 3.8) is 0 Å². The third-order valence-corrected chi connectivity index (χ3v) is 3.35. The maximum absolute atomic E-state index is 11.9. The highest BCUT2D eigenvalue weighted by molar-refractivity contribution is 9.10. The number of hydrazone groups is 1. The maximum Gasteiger partial charge on any atom is 0.275 e. The summed E-state index contributed by atoms with van der Waals surface area (Å²) >= 11 is 3.31. The van der Waals surface area contributed by atoms with E-state index in [-0.39, 0.29) is 17.1 Å². The number of para-hydroxylation sites is 1. The first-order chi connectivity index (χ1) is 11.0. The molecule has 2 rings (SSSR count). The van der Waals surface area contributed by atoms with Crippen LogP contribution in [0.2, 0.25) is 0 Å². The molecule has 0 aliphatic carbocycles. The normalized spacial score (nSPS) is 10.7. The van der Waals surface area contributed by atoms with Crippen LogP contribution in [0.3, 0.4) is 0 Å². The molecule has 2 aromatic rings. The number of carbonyl (C=O) groups excluding carboxylic acids is 1. The van der Waals surface area contributed by atoms with Crippen LogP contribution in [-0.4, -0.2) is 28.9 Å². The number of benzene rings is 2. The minimum Gasteiger partial charge on any atom is -0.507 e. The Bertz CT molecular complexity index is 747. The molecule has 0 saturated carbocycles. The summed E-state index contributed by atoms with van der Waals surface area (Å²) in [6, 6.07) is 9.40. The Morgan fingerprint density at radius 1 is 1.35 bits per heavy atom. The molecule has 0 fully saturated rings. The Morgan fingerprint density at radius 3 is 2.78 bits per heavy atom. The monoisotopic (exact) mass is 378 g/mol. The van der Waals surface area contributed by atoms with Gasteiger partial charge in [0, 0.05) is 10.0 Å². The highest BCUT2D eigenvalue weighted by atomic mass is 79.9. The molecular formula is C16H15BrN2O4. The summed E-state index contributed by atoms with van der Waals surface area (Å²) in [6.07, 6.45) is 1.29. The van der Waals surface area contributed by atoms with Crippen LogP contribution in [0.4, 0.5) is 0 Å². The largest absolute Gasteiger partial charge is 0.507 e. The Hall–Kier alpha value is -2.54. The van der Waals surface area contributed by atoms with E-state index in [9.17, 15) is 15.0 Å². The highest BCUT2D eigenvalue weighted by Gasteiger charge is 2.10. The van der Waals surface area contributed by atoms with Gasteiger partial charge in [0.15, 0.2) is 11.5 Å². The second kappa shape index (κ2) is 7.64. The zero-order chi connectivity index (χ0) is 16.8. The SMILES string of the molecule is CCOc1cc(Br)cc(/C=N\NC(=O)c2ccccc2O)c1O. The number of aromatic hydroxyl groups is 2. The van der Waals surface area contributed by atoms with Crippen LogP contribution in [0.15, 0.2) is 46.0 Å². The van der Waals surface area contributed by atoms with Crippen molar-refractivity contribution in [2.75, 3.05) is 6.61 Å². The molecule has 7 heteroatoms. The highest BCUT2D eigenvalue weighted by Crippen LogP contribution is 2.32. The summed E-state index contributed by atoms with van der Waals surface area (Å²) in [4.78, 5) is 11.9. The average molecular weight is 379 g/mol. The van der Waals surface area contributed by atoms with Gasteiger partial charge in [-0.1, -0.05) is 28.1 Å². The zero-order valence-corrected chi connectivity index (χ0v) is 13.9. The van der Waals surface area contributed by atoms with Crippen molar-refractivity contribution in [1.82, 2.24) is 5.43 Å². The molecule has 0 spiro atoms. The van der Waals surface area contributed by atoms with Crippen molar-refractivity contribution < 1.29 is 19.7 Å². The molecule has 3 N–H and O–H groups in total. The van der Waals surface area contributed by atoms with E-state index in [2.05, 4.69) is 26.5 Å². The summed E-state index contributed by atoms with van der Waals surface area (Å²) in [5.41, 5.74) is 2.77. The second-order valence-corrected chi connectivity index (χ2v) is 5.41. The molecule has 1 amide bonds. The van der Waals surface area contributed by atoms with Crippen molar-refractivity contribution in [1.29, 1.82) is 0 Å². The van der Waals surface area contributed by atoms with Crippen molar-refractivity contribution in [3.05, 3.63) is 52.0 Å². The van der Waals surface area contributed by atoms with Gasteiger partial charge in [-0.15, -0.1) is 0 Å². The number of nitrogens with zero attached hydrogens (tertiary/aromatic N) is 1. The molecule has 2 aromatic carbocycles. The van der Waals surface area contributed by atoms with Crippen molar-refractivity contribution in [2.24, 2.45) is 5.10 Å². The number of hydrogen-bond acceptors (Lipinski definition) is 5. The minimum atomic E-state index is -0.557. The number of hydrogen-bond donors (Lipinski definition) is 3. The molecule has 0 aliphatic heterocycles. The van der Waals surface area contributed by atoms with Crippen LogP contribution in [0, 0.1) is 0 Å². The molecule has 23 heavy (non-hydrogen) atoms. The van der Waals surface area contributed by atoms with Crippen LogP contribution in [0.1, 0.15) is 22.8 Å². The molecule has 0 radical (unpaired) electrons. The number of nitrogens with one attached hydrogen (secondary N) is 1. The Kier molecular flexibility index (Phi) is 5.59. The number of amides is 1. The minimum absolute atomic E-state index is 0.0735. The van der Waals surface area contributed by atoms with Gasteiger partial charge in [-0.25, -0.2) is 5.43 Å². The van der Waals surface area contributed by atoms with E-state index in [1.54, 1.807) is 31.2 Å². The number of phenolic OH excluding ortho intramolecular Hbond substituents is 2. The summed E-state index contributed by atoms with van der Waals surface area (Å²) in [7, 11) is 0. The van der Waals surface area contributed by atoms with Gasteiger partial charge in [-0.3, -0.25) is 4.79 Å². The third-order valence-electron chi connectivity index (χ3n) is 2.89. The average Bonchev–Trinajstić information content (AvgIpc) is 2.52. The molecule has 6 nitrogen and oxygen atoms in total. The topological polar surface area (TPSA) is 91.2 Å². The van der Waals surface area contributed by atoms with Crippen LogP contribution in [-0.2, 0) is 0 Å². The molecule has 0 atom stereocenters. The summed E-state index contributed by atoms with van der Waals surface area (Å²) in [5.74, 6) is -0.450. The first-order valence-corrected chi connectivity index (χ1v) is 7.59. The lowest BCUT2D eigenvalue weighted by atomic mass is 10.2. The van der Waals surface area contributed by atoms with Crippen LogP contribution >= 0.6 is 15.9 Å². The predicted molar refractivity (Wildman–Crippen MR) is 90.1 cm³/mol. The van der Waals surface area contributed by atoms with Crippen molar-refractivity contribution in [2.45, 2.75) is 6.92 Å². The fourth-order valence-electron chi connectivity index (χ4n) is 1.84. The zero-order valence-electron chi connectivity index (χ0n) is 12.3. The van der Waals surface area contributed by atoms with Gasteiger partial charge in [0.25, 0.3) is 5.91 Å². The first-order valence-electron chi connectivity index (χ1n) is 6.79. The lowest BCUT2D eigenvalue weighted by Gasteiger charge is -2.08. The third kappa shape index (κ3) is 4.23. The Labute approximate surface area is 141 Å². The van der Waals surface area contributed by atoms with E-state index >= 15 is 0 Å². The van der Waals surface area contributed by atoms with Crippen molar-refractivity contribution >= 4 is 28.1 Å².